The molecule has 1 aliphatic rings. The molecule has 2 rings (SSSR count). The zero-order valence-corrected chi connectivity index (χ0v) is 15.7. The van der Waals surface area contributed by atoms with Gasteiger partial charge in [-0.2, -0.15) is 0 Å². The number of hydrogen-bond donors (Lipinski definition) is 2. The molecule has 0 radical (unpaired) electrons. The number of thiophene rings is 1. The quantitative estimate of drug-likeness (QED) is 0.806. The number of rotatable bonds is 6. The molecule has 0 unspecified atom stereocenters. The van der Waals surface area contributed by atoms with Crippen LogP contribution in [0.4, 0.5) is 0 Å². The van der Waals surface area contributed by atoms with E-state index in [1.807, 2.05) is 13.8 Å². The van der Waals surface area contributed by atoms with Crippen molar-refractivity contribution in [1.29, 1.82) is 0 Å². The zero-order chi connectivity index (χ0) is 15.5. The van der Waals surface area contributed by atoms with Gasteiger partial charge in [0.25, 0.3) is 0 Å². The molecule has 1 saturated heterocycles. The van der Waals surface area contributed by atoms with Crippen molar-refractivity contribution in [3.8, 4) is 0 Å². The van der Waals surface area contributed by atoms with Crippen molar-refractivity contribution in [3.05, 3.63) is 15.8 Å². The Bertz CT molecular complexity index is 575. The van der Waals surface area contributed by atoms with E-state index in [-0.39, 0.29) is 17.8 Å². The zero-order valence-electron chi connectivity index (χ0n) is 13.3. The highest BCUT2D eigenvalue weighted by Crippen LogP contribution is 2.30. The number of methoxy groups -OCH3 is 1. The van der Waals surface area contributed by atoms with Crippen LogP contribution in [-0.2, 0) is 14.8 Å². The molecule has 1 aliphatic heterocycles. The van der Waals surface area contributed by atoms with Crippen molar-refractivity contribution in [1.82, 2.24) is 10.0 Å². The first-order valence-corrected chi connectivity index (χ1v) is 9.45. The largest absolute Gasteiger partial charge is 0.384 e. The monoisotopic (exact) mass is 368 g/mol. The molecule has 1 fully saturated rings. The summed E-state index contributed by atoms with van der Waals surface area (Å²) >= 11 is 1.51. The molecule has 1 aromatic rings. The average Bonchev–Trinajstić information content (AvgIpc) is 2.78. The van der Waals surface area contributed by atoms with Gasteiger partial charge >= 0.3 is 0 Å². The second-order valence-corrected chi connectivity index (χ2v) is 8.98. The van der Waals surface area contributed by atoms with Crippen molar-refractivity contribution in [2.75, 3.05) is 33.4 Å². The molecule has 22 heavy (non-hydrogen) atoms. The number of sulfonamides is 1. The Hall–Kier alpha value is -0.180. The van der Waals surface area contributed by atoms with Gasteiger partial charge in [0, 0.05) is 28.8 Å². The van der Waals surface area contributed by atoms with Gasteiger partial charge in [0.1, 0.15) is 0 Å². The minimum absolute atomic E-state index is 0. The Morgan fingerprint density at radius 2 is 2.00 bits per heavy atom. The maximum absolute atomic E-state index is 12.5. The summed E-state index contributed by atoms with van der Waals surface area (Å²) in [7, 11) is -1.77. The lowest BCUT2D eigenvalue weighted by molar-refractivity contribution is 0.0577. The van der Waals surface area contributed by atoms with E-state index in [9.17, 15) is 8.42 Å². The number of nitrogens with one attached hydrogen (secondary N) is 2. The Morgan fingerprint density at radius 3 is 2.50 bits per heavy atom. The van der Waals surface area contributed by atoms with Gasteiger partial charge in [-0.25, -0.2) is 13.1 Å². The molecule has 0 aromatic carbocycles. The van der Waals surface area contributed by atoms with Crippen LogP contribution in [-0.4, -0.2) is 41.8 Å². The second kappa shape index (κ2) is 8.08. The predicted octanol–water partition coefficient (Wildman–Crippen LogP) is 2.08. The average molecular weight is 369 g/mol. The third kappa shape index (κ3) is 4.66. The topological polar surface area (TPSA) is 67.4 Å². The molecule has 0 amide bonds. The summed E-state index contributed by atoms with van der Waals surface area (Å²) in [6.07, 6.45) is 1.84. The first-order valence-electron chi connectivity index (χ1n) is 7.15. The number of aryl methyl sites for hydroxylation is 2. The van der Waals surface area contributed by atoms with Crippen LogP contribution in [0.25, 0.3) is 0 Å². The summed E-state index contributed by atoms with van der Waals surface area (Å²) in [5.41, 5.74) is -0.105. The highest BCUT2D eigenvalue weighted by molar-refractivity contribution is 7.89. The van der Waals surface area contributed by atoms with Crippen LogP contribution in [0.3, 0.4) is 0 Å². The molecule has 2 heterocycles. The van der Waals surface area contributed by atoms with E-state index in [2.05, 4.69) is 10.0 Å². The number of piperidine rings is 1. The molecular weight excluding hydrogens is 344 g/mol. The van der Waals surface area contributed by atoms with E-state index in [0.29, 0.717) is 18.0 Å². The minimum atomic E-state index is -3.44. The fourth-order valence-corrected chi connectivity index (χ4v) is 5.55. The molecular formula is C14H25ClN2O3S2. The Labute approximate surface area is 143 Å². The maximum Gasteiger partial charge on any atom is 0.241 e. The molecule has 128 valence electrons. The molecule has 0 atom stereocenters. The first-order chi connectivity index (χ1) is 9.88. The lowest BCUT2D eigenvalue weighted by Crippen LogP contribution is -2.47. The summed E-state index contributed by atoms with van der Waals surface area (Å²) in [6, 6.07) is 1.74. The Morgan fingerprint density at radius 1 is 1.36 bits per heavy atom. The standard InChI is InChI=1S/C14H24N2O3S2.ClH/c1-11-8-13(12(2)20-11)21(17,18)16-9-14(10-19-3)4-6-15-7-5-14;/h8,15-16H,4-7,9-10H2,1-3H3;1H. The van der Waals surface area contributed by atoms with Crippen LogP contribution >= 0.6 is 23.7 Å². The molecule has 2 N–H and O–H groups in total. The Kier molecular flexibility index (Phi) is 7.29. The van der Waals surface area contributed by atoms with Crippen molar-refractivity contribution >= 4 is 33.8 Å². The summed E-state index contributed by atoms with van der Waals surface area (Å²) in [5, 5.41) is 3.31. The third-order valence-electron chi connectivity index (χ3n) is 4.04. The van der Waals surface area contributed by atoms with E-state index < -0.39 is 10.0 Å². The fraction of sp³-hybridized carbons (Fsp3) is 0.714. The van der Waals surface area contributed by atoms with Gasteiger partial charge in [-0.1, -0.05) is 0 Å². The first kappa shape index (κ1) is 19.9. The van der Waals surface area contributed by atoms with Crippen molar-refractivity contribution in [2.24, 2.45) is 5.41 Å². The fourth-order valence-electron chi connectivity index (χ4n) is 2.84. The Balaban J connectivity index is 0.00000242. The van der Waals surface area contributed by atoms with Crippen LogP contribution in [0.1, 0.15) is 22.6 Å². The summed E-state index contributed by atoms with van der Waals surface area (Å²) in [6.45, 7) is 6.60. The smallest absolute Gasteiger partial charge is 0.241 e. The van der Waals surface area contributed by atoms with E-state index in [4.69, 9.17) is 4.74 Å². The molecule has 5 nitrogen and oxygen atoms in total. The normalized spacial score (nSPS) is 18.0. The highest BCUT2D eigenvalue weighted by atomic mass is 35.5. The molecule has 0 aliphatic carbocycles. The van der Waals surface area contributed by atoms with Gasteiger partial charge in [-0.15, -0.1) is 23.7 Å². The number of halogens is 1. The molecule has 8 heteroatoms. The van der Waals surface area contributed by atoms with Gasteiger partial charge in [-0.3, -0.25) is 0 Å². The van der Waals surface area contributed by atoms with Crippen LogP contribution in [0.2, 0.25) is 0 Å². The molecule has 1 aromatic heterocycles. The lowest BCUT2D eigenvalue weighted by Gasteiger charge is -2.37. The van der Waals surface area contributed by atoms with Crippen LogP contribution in [0, 0.1) is 19.3 Å². The van der Waals surface area contributed by atoms with E-state index in [1.165, 1.54) is 11.3 Å². The SMILES string of the molecule is COCC1(CNS(=O)(=O)c2cc(C)sc2C)CCNCC1.Cl. The van der Waals surface area contributed by atoms with Crippen LogP contribution < -0.4 is 10.0 Å². The molecule has 0 saturated carbocycles. The summed E-state index contributed by atoms with van der Waals surface area (Å²) in [4.78, 5) is 2.26. The van der Waals surface area contributed by atoms with Gasteiger partial charge in [0.05, 0.1) is 11.5 Å². The highest BCUT2D eigenvalue weighted by Gasteiger charge is 2.34. The van der Waals surface area contributed by atoms with Crippen molar-refractivity contribution < 1.29 is 13.2 Å². The van der Waals surface area contributed by atoms with E-state index >= 15 is 0 Å². The third-order valence-corrected chi connectivity index (χ3v) is 6.66. The minimum Gasteiger partial charge on any atom is -0.384 e. The van der Waals surface area contributed by atoms with E-state index in [1.54, 1.807) is 13.2 Å². The molecule has 0 spiro atoms. The van der Waals surface area contributed by atoms with Gasteiger partial charge in [0.15, 0.2) is 0 Å². The van der Waals surface area contributed by atoms with Gasteiger partial charge in [0.2, 0.25) is 10.0 Å². The summed E-state index contributed by atoms with van der Waals surface area (Å²) in [5.74, 6) is 0. The van der Waals surface area contributed by atoms with Crippen molar-refractivity contribution in [2.45, 2.75) is 31.6 Å². The maximum atomic E-state index is 12.5. The van der Waals surface area contributed by atoms with Gasteiger partial charge in [-0.05, 0) is 45.8 Å². The molecule has 0 bridgehead atoms. The predicted molar refractivity (Wildman–Crippen MR) is 92.6 cm³/mol. The van der Waals surface area contributed by atoms with Crippen molar-refractivity contribution in [3.63, 3.8) is 0 Å². The summed E-state index contributed by atoms with van der Waals surface area (Å²) < 4.78 is 33.1. The number of ether oxygens (including phenoxy) is 1. The lowest BCUT2D eigenvalue weighted by atomic mass is 9.80. The van der Waals surface area contributed by atoms with Crippen LogP contribution in [0.5, 0.6) is 0 Å². The second-order valence-electron chi connectivity index (χ2n) is 5.79. The number of hydrogen-bond acceptors (Lipinski definition) is 5. The van der Waals surface area contributed by atoms with Gasteiger partial charge < -0.3 is 10.1 Å². The van der Waals surface area contributed by atoms with E-state index in [0.717, 1.165) is 35.7 Å². The van der Waals surface area contributed by atoms with Crippen LogP contribution in [0.15, 0.2) is 11.0 Å².